The van der Waals surface area contributed by atoms with Crippen LogP contribution in [0.2, 0.25) is 0 Å². The zero-order chi connectivity index (χ0) is 30.9. The van der Waals surface area contributed by atoms with Crippen LogP contribution in [-0.4, -0.2) is 78.4 Å². The molecule has 0 radical (unpaired) electrons. The number of hydrogen-bond acceptors (Lipinski definition) is 9. The number of benzene rings is 2. The minimum Gasteiger partial charge on any atom is -0.507 e. The second kappa shape index (κ2) is 15.4. The zero-order valence-corrected chi connectivity index (χ0v) is 26.4. The van der Waals surface area contributed by atoms with Gasteiger partial charge in [0.15, 0.2) is 18.0 Å². The molecule has 10 nitrogen and oxygen atoms in total. The maximum atomic E-state index is 13.7. The quantitative estimate of drug-likeness (QED) is 0.101. The molecule has 4 rings (SSSR count). The van der Waals surface area contributed by atoms with Crippen molar-refractivity contribution in [3.63, 3.8) is 0 Å². The Morgan fingerprint density at radius 1 is 1.21 bits per heavy atom. The van der Waals surface area contributed by atoms with Gasteiger partial charge in [0.1, 0.15) is 17.9 Å². The Hall–Kier alpha value is -3.30. The molecule has 1 N–H and O–H groups in total. The molecule has 2 aromatic rings. The highest BCUT2D eigenvalue weighted by atomic mass is 31.1. The molecule has 11 heteroatoms. The van der Waals surface area contributed by atoms with Crippen LogP contribution in [0.15, 0.2) is 42.0 Å². The van der Waals surface area contributed by atoms with Crippen LogP contribution < -0.4 is 4.84 Å². The first-order valence-corrected chi connectivity index (χ1v) is 16.2. The van der Waals surface area contributed by atoms with Crippen LogP contribution in [0.25, 0.3) is 0 Å². The van der Waals surface area contributed by atoms with Gasteiger partial charge in [-0.15, -0.1) is 0 Å². The summed E-state index contributed by atoms with van der Waals surface area (Å²) in [6, 6.07) is 7.99. The number of allylic oxidation sites excluding steroid dienone is 2. The van der Waals surface area contributed by atoms with E-state index in [0.29, 0.717) is 43.8 Å². The summed E-state index contributed by atoms with van der Waals surface area (Å²) >= 11 is 0. The van der Waals surface area contributed by atoms with E-state index in [9.17, 15) is 19.3 Å². The van der Waals surface area contributed by atoms with E-state index in [-0.39, 0.29) is 30.7 Å². The fourth-order valence-electron chi connectivity index (χ4n) is 5.37. The maximum absolute atomic E-state index is 13.7. The van der Waals surface area contributed by atoms with Crippen molar-refractivity contribution >= 4 is 19.9 Å². The lowest BCUT2D eigenvalue weighted by Gasteiger charge is -2.26. The number of morpholine rings is 1. The molecule has 0 aromatic heterocycles. The van der Waals surface area contributed by atoms with Gasteiger partial charge in [-0.1, -0.05) is 31.2 Å². The molecule has 0 aliphatic carbocycles. The highest BCUT2D eigenvalue weighted by Gasteiger charge is 2.40. The van der Waals surface area contributed by atoms with Crippen molar-refractivity contribution in [2.24, 2.45) is 0 Å². The third-order valence-corrected chi connectivity index (χ3v) is 9.48. The zero-order valence-electron chi connectivity index (χ0n) is 25.5. The number of phenolic OH excluding ortho intramolecular Hbond substituents is 1. The van der Waals surface area contributed by atoms with Crippen molar-refractivity contribution in [3.05, 3.63) is 69.8 Å². The normalized spacial score (nSPS) is 16.5. The number of phenols is 1. The fraction of sp³-hybridized carbons (Fsp3) is 0.500. The van der Waals surface area contributed by atoms with Crippen LogP contribution in [0.5, 0.6) is 11.5 Å². The van der Waals surface area contributed by atoms with Gasteiger partial charge in [-0.3, -0.25) is 9.69 Å². The first-order valence-electron chi connectivity index (χ1n) is 14.8. The summed E-state index contributed by atoms with van der Waals surface area (Å²) in [6.45, 7) is 11.8. The first-order chi connectivity index (χ1) is 20.7. The number of aromatic hydroxyl groups is 1. The Morgan fingerprint density at radius 3 is 2.63 bits per heavy atom. The predicted molar refractivity (Wildman–Crippen MR) is 162 cm³/mol. The molecule has 232 valence electrons. The topological polar surface area (TPSA) is 115 Å². The summed E-state index contributed by atoms with van der Waals surface area (Å²) in [6.07, 6.45) is 3.75. The third-order valence-electron chi connectivity index (χ3n) is 7.84. The number of carbonyl (C=O) groups is 2. The van der Waals surface area contributed by atoms with Gasteiger partial charge in [-0.05, 0) is 73.4 Å². The summed E-state index contributed by atoms with van der Waals surface area (Å²) in [5.41, 5.74) is 4.36. The lowest BCUT2D eigenvalue weighted by molar-refractivity contribution is -0.154. The van der Waals surface area contributed by atoms with Gasteiger partial charge in [0, 0.05) is 30.8 Å². The van der Waals surface area contributed by atoms with Crippen LogP contribution in [0.4, 0.5) is 0 Å². The standard InChI is InChI=1S/C32H41N2O8P/c1-5-26-23(3)28-20-41-32(37)29(28)30(35)27(26)13-12-22(2)21-43(38)34(42-25-10-7-6-8-11-25)24(4)31(36)40-17-9-14-33-15-18-39-19-16-33/h6-8,10-12,24H,5,9,13-21H2,1-4H3/p+1/t24-/m0/s1. The Morgan fingerprint density at radius 2 is 1.93 bits per heavy atom. The molecule has 2 heterocycles. The number of cyclic esters (lactones) is 1. The smallest absolute Gasteiger partial charge is 0.475 e. The van der Waals surface area contributed by atoms with Crippen LogP contribution in [0.1, 0.15) is 59.8 Å². The number of fused-ring (bicyclic) bond motifs is 1. The molecule has 0 spiro atoms. The van der Waals surface area contributed by atoms with Crippen LogP contribution in [0, 0.1) is 6.92 Å². The number of hydrogen-bond donors (Lipinski definition) is 1. The van der Waals surface area contributed by atoms with E-state index < -0.39 is 25.9 Å². The van der Waals surface area contributed by atoms with Crippen LogP contribution in [0.3, 0.4) is 0 Å². The van der Waals surface area contributed by atoms with E-state index in [1.165, 1.54) is 4.83 Å². The molecule has 2 aliphatic rings. The van der Waals surface area contributed by atoms with Crippen molar-refractivity contribution < 1.29 is 38.3 Å². The van der Waals surface area contributed by atoms with Gasteiger partial charge in [-0.25, -0.2) is 4.79 Å². The number of ether oxygens (including phenoxy) is 3. The largest absolute Gasteiger partial charge is 0.507 e. The van der Waals surface area contributed by atoms with E-state index in [1.54, 1.807) is 31.2 Å². The molecule has 1 fully saturated rings. The minimum absolute atomic E-state index is 0.0487. The van der Waals surface area contributed by atoms with Crippen molar-refractivity contribution in [3.8, 4) is 11.5 Å². The number of esters is 2. The van der Waals surface area contributed by atoms with Gasteiger partial charge < -0.3 is 24.2 Å². The number of nitrogens with zero attached hydrogens (tertiary/aromatic N) is 2. The van der Waals surface area contributed by atoms with Crippen molar-refractivity contribution in [1.29, 1.82) is 0 Å². The highest BCUT2D eigenvalue weighted by molar-refractivity contribution is 7.42. The molecule has 43 heavy (non-hydrogen) atoms. The van der Waals surface area contributed by atoms with Crippen molar-refractivity contribution in [2.75, 3.05) is 45.6 Å². The number of hydroxylamine groups is 1. The highest BCUT2D eigenvalue weighted by Crippen LogP contribution is 2.39. The minimum atomic E-state index is -2.19. The summed E-state index contributed by atoms with van der Waals surface area (Å²) in [5.74, 6) is -0.621. The molecular formula is C32H42N2O8P+. The Bertz CT molecular complexity index is 1340. The SMILES string of the molecule is CCc1c(C)c2c(c(O)c1CC=C(C)C[P+](=O)N(Oc1ccccc1)[C@@H](C)C(=O)OCCCN1CCOCC1)C(=O)OC2. The van der Waals surface area contributed by atoms with Gasteiger partial charge >= 0.3 is 19.9 Å². The van der Waals surface area contributed by atoms with Crippen LogP contribution >= 0.6 is 7.95 Å². The maximum Gasteiger partial charge on any atom is 0.475 e. The molecular weight excluding hydrogens is 571 g/mol. The molecule has 1 saturated heterocycles. The Kier molecular flexibility index (Phi) is 11.7. The monoisotopic (exact) mass is 613 g/mol. The Balaban J connectivity index is 1.43. The fourth-order valence-corrected chi connectivity index (χ4v) is 6.73. The number of rotatable bonds is 14. The summed E-state index contributed by atoms with van der Waals surface area (Å²) in [5, 5.41) is 11.0. The molecule has 2 aliphatic heterocycles. The molecule has 2 aromatic carbocycles. The van der Waals surface area contributed by atoms with Gasteiger partial charge in [0.25, 0.3) is 0 Å². The van der Waals surface area contributed by atoms with Gasteiger partial charge in [0.05, 0.1) is 24.7 Å². The summed E-state index contributed by atoms with van der Waals surface area (Å²) in [4.78, 5) is 34.7. The summed E-state index contributed by atoms with van der Waals surface area (Å²) < 4.78 is 29.8. The lowest BCUT2D eigenvalue weighted by Crippen LogP contribution is -2.39. The lowest BCUT2D eigenvalue weighted by atomic mass is 9.89. The second-order valence-corrected chi connectivity index (χ2v) is 12.3. The average Bonchev–Trinajstić information content (AvgIpc) is 3.41. The number of carbonyl (C=O) groups excluding carboxylic acids is 2. The van der Waals surface area contributed by atoms with Crippen LogP contribution in [-0.2, 0) is 43.0 Å². The van der Waals surface area contributed by atoms with E-state index in [0.717, 1.165) is 41.9 Å². The van der Waals surface area contributed by atoms with Crippen molar-refractivity contribution in [2.45, 2.75) is 59.6 Å². The Labute approximate surface area is 254 Å². The molecule has 0 bridgehead atoms. The van der Waals surface area contributed by atoms with E-state index in [2.05, 4.69) is 4.90 Å². The van der Waals surface area contributed by atoms with Gasteiger partial charge in [0.2, 0.25) is 0 Å². The molecule has 1 unspecified atom stereocenters. The third kappa shape index (κ3) is 8.21. The average molecular weight is 614 g/mol. The van der Waals surface area contributed by atoms with E-state index >= 15 is 0 Å². The second-order valence-electron chi connectivity index (χ2n) is 10.8. The molecule has 0 saturated carbocycles. The van der Waals surface area contributed by atoms with Crippen molar-refractivity contribution in [1.82, 2.24) is 9.73 Å². The number of para-hydroxylation sites is 1. The van der Waals surface area contributed by atoms with E-state index in [1.807, 2.05) is 32.9 Å². The first kappa shape index (κ1) is 32.6. The van der Waals surface area contributed by atoms with E-state index in [4.69, 9.17) is 19.0 Å². The summed E-state index contributed by atoms with van der Waals surface area (Å²) in [7, 11) is -2.19. The molecule has 2 atom stereocenters. The molecule has 0 amide bonds. The predicted octanol–water partition coefficient (Wildman–Crippen LogP) is 5.11. The van der Waals surface area contributed by atoms with Gasteiger partial charge in [-0.2, -0.15) is 0 Å².